The van der Waals surface area contributed by atoms with Crippen LogP contribution >= 0.6 is 22.9 Å². The predicted molar refractivity (Wildman–Crippen MR) is 80.3 cm³/mol. The van der Waals surface area contributed by atoms with E-state index in [1.807, 2.05) is 6.07 Å². The number of nitrogens with zero attached hydrogens (tertiary/aromatic N) is 1. The molecule has 0 amide bonds. The first kappa shape index (κ1) is 14.3. The van der Waals surface area contributed by atoms with Crippen molar-refractivity contribution in [2.75, 3.05) is 13.1 Å². The Morgan fingerprint density at radius 1 is 1.50 bits per heavy atom. The summed E-state index contributed by atoms with van der Waals surface area (Å²) in [5.74, 6) is 0.669. The van der Waals surface area contributed by atoms with Gasteiger partial charge in [-0.15, -0.1) is 11.3 Å². The third kappa shape index (κ3) is 2.90. The van der Waals surface area contributed by atoms with E-state index in [-0.39, 0.29) is 0 Å². The second-order valence-corrected chi connectivity index (χ2v) is 6.89. The molecule has 1 fully saturated rings. The van der Waals surface area contributed by atoms with E-state index in [0.717, 1.165) is 17.4 Å². The van der Waals surface area contributed by atoms with Crippen LogP contribution < -0.4 is 5.73 Å². The molecule has 2 N–H and O–H groups in total. The Kier molecular flexibility index (Phi) is 5.07. The molecule has 1 saturated carbocycles. The number of halogens is 1. The van der Waals surface area contributed by atoms with Crippen molar-refractivity contribution in [3.8, 4) is 0 Å². The predicted octanol–water partition coefficient (Wildman–Crippen LogP) is 3.91. The lowest BCUT2D eigenvalue weighted by Gasteiger charge is -2.36. The minimum atomic E-state index is 0.449. The summed E-state index contributed by atoms with van der Waals surface area (Å²) >= 11 is 7.75. The van der Waals surface area contributed by atoms with Gasteiger partial charge in [0.15, 0.2) is 0 Å². The number of hydrogen-bond acceptors (Lipinski definition) is 3. The van der Waals surface area contributed by atoms with E-state index in [1.165, 1.54) is 24.1 Å². The molecule has 3 atom stereocenters. The van der Waals surface area contributed by atoms with Crippen molar-refractivity contribution in [3.63, 3.8) is 0 Å². The first-order valence-electron chi connectivity index (χ1n) is 6.88. The average molecular weight is 287 g/mol. The van der Waals surface area contributed by atoms with Gasteiger partial charge in [0.05, 0.1) is 4.34 Å². The summed E-state index contributed by atoms with van der Waals surface area (Å²) in [6.45, 7) is 6.44. The lowest BCUT2D eigenvalue weighted by atomic mass is 10.0. The van der Waals surface area contributed by atoms with E-state index >= 15 is 0 Å². The third-order valence-corrected chi connectivity index (χ3v) is 5.62. The Bertz CT molecular complexity index is 380. The number of nitrogens with two attached hydrogens (primary N) is 1. The van der Waals surface area contributed by atoms with Gasteiger partial charge in [0.2, 0.25) is 0 Å². The SMILES string of the molecule is CCN(C(C)c1ccc(Cl)s1)C1CCCC1CN. The molecule has 0 aromatic carbocycles. The van der Waals surface area contributed by atoms with Crippen LogP contribution in [-0.4, -0.2) is 24.0 Å². The van der Waals surface area contributed by atoms with Crippen molar-refractivity contribution in [1.82, 2.24) is 4.90 Å². The van der Waals surface area contributed by atoms with Crippen molar-refractivity contribution >= 4 is 22.9 Å². The fourth-order valence-corrected chi connectivity index (χ4v) is 4.37. The molecule has 4 heteroatoms. The Labute approximate surface area is 119 Å². The zero-order chi connectivity index (χ0) is 13.1. The molecule has 1 heterocycles. The molecule has 1 aliphatic carbocycles. The smallest absolute Gasteiger partial charge is 0.0931 e. The summed E-state index contributed by atoms with van der Waals surface area (Å²) in [7, 11) is 0. The van der Waals surface area contributed by atoms with E-state index in [0.29, 0.717) is 18.0 Å². The minimum Gasteiger partial charge on any atom is -0.330 e. The fourth-order valence-electron chi connectivity index (χ4n) is 3.24. The van der Waals surface area contributed by atoms with E-state index in [9.17, 15) is 0 Å². The summed E-state index contributed by atoms with van der Waals surface area (Å²) < 4.78 is 0.884. The van der Waals surface area contributed by atoms with E-state index in [2.05, 4.69) is 24.8 Å². The van der Waals surface area contributed by atoms with Crippen molar-refractivity contribution in [2.24, 2.45) is 11.7 Å². The Balaban J connectivity index is 2.12. The van der Waals surface area contributed by atoms with Gasteiger partial charge in [-0.25, -0.2) is 0 Å². The number of thiophene rings is 1. The van der Waals surface area contributed by atoms with Crippen LogP contribution in [0.15, 0.2) is 12.1 Å². The molecule has 0 bridgehead atoms. The maximum atomic E-state index is 6.05. The summed E-state index contributed by atoms with van der Waals surface area (Å²) in [5, 5.41) is 0. The molecule has 0 radical (unpaired) electrons. The summed E-state index contributed by atoms with van der Waals surface area (Å²) in [5.41, 5.74) is 5.91. The monoisotopic (exact) mass is 286 g/mol. The zero-order valence-corrected chi connectivity index (χ0v) is 12.8. The van der Waals surface area contributed by atoms with Crippen LogP contribution in [0.5, 0.6) is 0 Å². The van der Waals surface area contributed by atoms with Crippen LogP contribution in [0.2, 0.25) is 4.34 Å². The molecular weight excluding hydrogens is 264 g/mol. The number of hydrogen-bond donors (Lipinski definition) is 1. The summed E-state index contributed by atoms with van der Waals surface area (Å²) in [6.07, 6.45) is 3.90. The van der Waals surface area contributed by atoms with Gasteiger partial charge in [0.25, 0.3) is 0 Å². The highest BCUT2D eigenvalue weighted by Gasteiger charge is 2.33. The van der Waals surface area contributed by atoms with Crippen LogP contribution in [0, 0.1) is 5.92 Å². The van der Waals surface area contributed by atoms with Crippen LogP contribution in [0.1, 0.15) is 44.0 Å². The molecule has 2 rings (SSSR count). The molecular formula is C14H23ClN2S. The second kappa shape index (κ2) is 6.38. The highest BCUT2D eigenvalue weighted by molar-refractivity contribution is 7.16. The molecule has 0 aliphatic heterocycles. The van der Waals surface area contributed by atoms with Crippen LogP contribution in [0.3, 0.4) is 0 Å². The molecule has 102 valence electrons. The van der Waals surface area contributed by atoms with Crippen molar-refractivity contribution in [3.05, 3.63) is 21.3 Å². The van der Waals surface area contributed by atoms with Gasteiger partial charge in [-0.1, -0.05) is 24.9 Å². The first-order valence-corrected chi connectivity index (χ1v) is 8.07. The lowest BCUT2D eigenvalue weighted by Crippen LogP contribution is -2.41. The lowest BCUT2D eigenvalue weighted by molar-refractivity contribution is 0.125. The first-order chi connectivity index (χ1) is 8.67. The zero-order valence-electron chi connectivity index (χ0n) is 11.2. The van der Waals surface area contributed by atoms with E-state index < -0.39 is 0 Å². The van der Waals surface area contributed by atoms with Crippen LogP contribution in [-0.2, 0) is 0 Å². The molecule has 1 aromatic heterocycles. The standard InChI is InChI=1S/C14H23ClN2S/c1-3-17(12-6-4-5-11(12)9-16)10(2)13-7-8-14(15)18-13/h7-8,10-12H,3-6,9,16H2,1-2H3. The van der Waals surface area contributed by atoms with Crippen LogP contribution in [0.25, 0.3) is 0 Å². The maximum absolute atomic E-state index is 6.05. The third-order valence-electron chi connectivity index (χ3n) is 4.22. The molecule has 2 nitrogen and oxygen atoms in total. The van der Waals surface area contributed by atoms with Crippen molar-refractivity contribution in [1.29, 1.82) is 0 Å². The topological polar surface area (TPSA) is 29.3 Å². The largest absolute Gasteiger partial charge is 0.330 e. The van der Waals surface area contributed by atoms with Gasteiger partial charge in [-0.05, 0) is 50.9 Å². The van der Waals surface area contributed by atoms with Gasteiger partial charge >= 0.3 is 0 Å². The maximum Gasteiger partial charge on any atom is 0.0931 e. The Hall–Kier alpha value is -0.0900. The normalized spacial score (nSPS) is 25.8. The molecule has 3 unspecified atom stereocenters. The second-order valence-electron chi connectivity index (χ2n) is 5.14. The molecule has 1 aromatic rings. The quantitative estimate of drug-likeness (QED) is 0.889. The fraction of sp³-hybridized carbons (Fsp3) is 0.714. The number of rotatable bonds is 5. The molecule has 18 heavy (non-hydrogen) atoms. The molecule has 0 spiro atoms. The van der Waals surface area contributed by atoms with Crippen molar-refractivity contribution < 1.29 is 0 Å². The highest BCUT2D eigenvalue weighted by Crippen LogP contribution is 2.37. The van der Waals surface area contributed by atoms with Gasteiger partial charge in [-0.2, -0.15) is 0 Å². The molecule has 0 saturated heterocycles. The van der Waals surface area contributed by atoms with Gasteiger partial charge in [-0.3, -0.25) is 4.90 Å². The van der Waals surface area contributed by atoms with Crippen molar-refractivity contribution in [2.45, 2.75) is 45.2 Å². The Morgan fingerprint density at radius 3 is 2.83 bits per heavy atom. The van der Waals surface area contributed by atoms with Gasteiger partial charge < -0.3 is 5.73 Å². The van der Waals surface area contributed by atoms with E-state index in [4.69, 9.17) is 17.3 Å². The van der Waals surface area contributed by atoms with Gasteiger partial charge in [0.1, 0.15) is 0 Å². The van der Waals surface area contributed by atoms with E-state index in [1.54, 1.807) is 11.3 Å². The Morgan fingerprint density at radius 2 is 2.28 bits per heavy atom. The summed E-state index contributed by atoms with van der Waals surface area (Å²) in [4.78, 5) is 3.97. The average Bonchev–Trinajstić information content (AvgIpc) is 2.98. The highest BCUT2D eigenvalue weighted by atomic mass is 35.5. The minimum absolute atomic E-state index is 0.449. The van der Waals surface area contributed by atoms with Crippen LogP contribution in [0.4, 0.5) is 0 Å². The van der Waals surface area contributed by atoms with Gasteiger partial charge in [0, 0.05) is 17.0 Å². The molecule has 1 aliphatic rings. The summed E-state index contributed by atoms with van der Waals surface area (Å²) in [6, 6.07) is 5.26.